The molecule has 0 bridgehead atoms. The molecule has 17 heavy (non-hydrogen) atoms. The summed E-state index contributed by atoms with van der Waals surface area (Å²) in [7, 11) is 0. The van der Waals surface area contributed by atoms with Gasteiger partial charge < -0.3 is 10.4 Å². The predicted octanol–water partition coefficient (Wildman–Crippen LogP) is 2.92. The fourth-order valence-corrected chi connectivity index (χ4v) is 2.05. The quantitative estimate of drug-likeness (QED) is 0.761. The highest BCUT2D eigenvalue weighted by atomic mass is 16.3. The van der Waals surface area contributed by atoms with E-state index in [0.717, 1.165) is 12.1 Å². The van der Waals surface area contributed by atoms with Gasteiger partial charge in [0, 0.05) is 0 Å². The van der Waals surface area contributed by atoms with E-state index in [0.29, 0.717) is 5.92 Å². The summed E-state index contributed by atoms with van der Waals surface area (Å²) >= 11 is 0. The van der Waals surface area contributed by atoms with Crippen LogP contribution in [0.15, 0.2) is 30.3 Å². The first-order chi connectivity index (χ1) is 8.12. The van der Waals surface area contributed by atoms with Crippen LogP contribution in [0.25, 0.3) is 0 Å². The molecule has 0 aromatic heterocycles. The molecule has 0 saturated heterocycles. The third-order valence-electron chi connectivity index (χ3n) is 3.35. The summed E-state index contributed by atoms with van der Waals surface area (Å²) in [5, 5.41) is 13.1. The Balaban J connectivity index is 2.63. The molecule has 2 atom stereocenters. The lowest BCUT2D eigenvalue weighted by Crippen LogP contribution is -2.44. The second-order valence-corrected chi connectivity index (χ2v) is 5.13. The molecular formula is C15H25NO. The van der Waals surface area contributed by atoms with Crippen molar-refractivity contribution >= 4 is 0 Å². The first-order valence-electron chi connectivity index (χ1n) is 6.53. The lowest BCUT2D eigenvalue weighted by molar-refractivity contribution is 0.169. The molecule has 2 N–H and O–H groups in total. The molecule has 0 fully saturated rings. The third-order valence-corrected chi connectivity index (χ3v) is 3.35. The van der Waals surface area contributed by atoms with Crippen LogP contribution in [0.5, 0.6) is 0 Å². The van der Waals surface area contributed by atoms with Crippen LogP contribution < -0.4 is 5.32 Å². The second-order valence-electron chi connectivity index (χ2n) is 5.13. The highest BCUT2D eigenvalue weighted by molar-refractivity contribution is 5.23. The van der Waals surface area contributed by atoms with Crippen molar-refractivity contribution < 1.29 is 5.11 Å². The van der Waals surface area contributed by atoms with Gasteiger partial charge in [0.15, 0.2) is 0 Å². The molecule has 0 radical (unpaired) electrons. The molecule has 0 spiro atoms. The Morgan fingerprint density at radius 1 is 1.29 bits per heavy atom. The number of hydrogen-bond donors (Lipinski definition) is 2. The smallest absolute Gasteiger partial charge is 0.0652 e. The predicted molar refractivity (Wildman–Crippen MR) is 73.0 cm³/mol. The highest BCUT2D eigenvalue weighted by Crippen LogP contribution is 2.20. The van der Waals surface area contributed by atoms with Crippen LogP contribution in [0.2, 0.25) is 0 Å². The van der Waals surface area contributed by atoms with Gasteiger partial charge in [0.2, 0.25) is 0 Å². The molecule has 96 valence electrons. The van der Waals surface area contributed by atoms with Gasteiger partial charge in [-0.25, -0.2) is 0 Å². The minimum Gasteiger partial charge on any atom is -0.394 e. The maximum Gasteiger partial charge on any atom is 0.0652 e. The summed E-state index contributed by atoms with van der Waals surface area (Å²) in [5.74, 6) is 0.648. The first-order valence-corrected chi connectivity index (χ1v) is 6.53. The molecular weight excluding hydrogens is 210 g/mol. The maximum absolute atomic E-state index is 9.62. The van der Waals surface area contributed by atoms with Crippen molar-refractivity contribution in [3.8, 4) is 0 Å². The largest absolute Gasteiger partial charge is 0.394 e. The van der Waals surface area contributed by atoms with Gasteiger partial charge in [0.1, 0.15) is 0 Å². The van der Waals surface area contributed by atoms with E-state index in [-0.39, 0.29) is 12.1 Å². The highest BCUT2D eigenvalue weighted by Gasteiger charge is 2.25. The van der Waals surface area contributed by atoms with Gasteiger partial charge in [-0.15, -0.1) is 0 Å². The minimum absolute atomic E-state index is 0.121. The fourth-order valence-electron chi connectivity index (χ4n) is 2.05. The molecule has 2 heteroatoms. The van der Waals surface area contributed by atoms with E-state index in [1.54, 1.807) is 0 Å². The SMILES string of the molecule is CCCC(C)CNC(C)(CO)c1ccccc1. The van der Waals surface area contributed by atoms with Crippen molar-refractivity contribution in [1.82, 2.24) is 5.32 Å². The lowest BCUT2D eigenvalue weighted by Gasteiger charge is -2.31. The van der Waals surface area contributed by atoms with E-state index in [9.17, 15) is 5.11 Å². The van der Waals surface area contributed by atoms with E-state index < -0.39 is 0 Å². The van der Waals surface area contributed by atoms with Gasteiger partial charge in [-0.2, -0.15) is 0 Å². The van der Waals surface area contributed by atoms with Gasteiger partial charge >= 0.3 is 0 Å². The van der Waals surface area contributed by atoms with Gasteiger partial charge in [-0.1, -0.05) is 50.6 Å². The van der Waals surface area contributed by atoms with Gasteiger partial charge in [-0.3, -0.25) is 0 Å². The summed E-state index contributed by atoms with van der Waals surface area (Å²) in [6.07, 6.45) is 2.44. The molecule has 1 aromatic carbocycles. The number of benzene rings is 1. The molecule has 0 aliphatic carbocycles. The first kappa shape index (κ1) is 14.2. The Labute approximate surface area is 105 Å². The molecule has 2 unspecified atom stereocenters. The summed E-state index contributed by atoms with van der Waals surface area (Å²) in [4.78, 5) is 0. The van der Waals surface area contributed by atoms with E-state index >= 15 is 0 Å². The molecule has 0 aliphatic rings. The molecule has 0 heterocycles. The standard InChI is InChI=1S/C15H25NO/c1-4-8-13(2)11-16-15(3,12-17)14-9-6-5-7-10-14/h5-7,9-10,13,16-17H,4,8,11-12H2,1-3H3. The van der Waals surface area contributed by atoms with Crippen LogP contribution in [0.4, 0.5) is 0 Å². The van der Waals surface area contributed by atoms with Crippen molar-refractivity contribution in [3.05, 3.63) is 35.9 Å². The van der Waals surface area contributed by atoms with Crippen molar-refractivity contribution in [2.75, 3.05) is 13.2 Å². The van der Waals surface area contributed by atoms with Crippen molar-refractivity contribution in [1.29, 1.82) is 0 Å². The van der Waals surface area contributed by atoms with Crippen LogP contribution in [0.3, 0.4) is 0 Å². The molecule has 0 saturated carbocycles. The third kappa shape index (κ3) is 4.14. The molecule has 2 nitrogen and oxygen atoms in total. The summed E-state index contributed by atoms with van der Waals surface area (Å²) < 4.78 is 0. The Morgan fingerprint density at radius 2 is 1.94 bits per heavy atom. The van der Waals surface area contributed by atoms with E-state index in [1.165, 1.54) is 12.8 Å². The Bertz CT molecular complexity index is 312. The summed E-state index contributed by atoms with van der Waals surface area (Å²) in [6, 6.07) is 10.2. The topological polar surface area (TPSA) is 32.3 Å². The van der Waals surface area contributed by atoms with E-state index in [1.807, 2.05) is 18.2 Å². The van der Waals surface area contributed by atoms with Crippen LogP contribution in [0.1, 0.15) is 39.2 Å². The Morgan fingerprint density at radius 3 is 2.47 bits per heavy atom. The maximum atomic E-state index is 9.62. The van der Waals surface area contributed by atoms with Crippen molar-refractivity contribution in [3.63, 3.8) is 0 Å². The van der Waals surface area contributed by atoms with Crippen molar-refractivity contribution in [2.45, 2.75) is 39.2 Å². The minimum atomic E-state index is -0.330. The normalized spacial score (nSPS) is 16.5. The van der Waals surface area contributed by atoms with Gasteiger partial charge in [0.05, 0.1) is 12.1 Å². The molecule has 1 rings (SSSR count). The Hall–Kier alpha value is -0.860. The summed E-state index contributed by atoms with van der Waals surface area (Å²) in [6.45, 7) is 7.58. The van der Waals surface area contributed by atoms with Gasteiger partial charge in [0.25, 0.3) is 0 Å². The van der Waals surface area contributed by atoms with E-state index in [2.05, 4.69) is 38.2 Å². The zero-order valence-corrected chi connectivity index (χ0v) is 11.2. The lowest BCUT2D eigenvalue weighted by atomic mass is 9.92. The number of nitrogens with one attached hydrogen (secondary N) is 1. The average Bonchev–Trinajstić information content (AvgIpc) is 2.37. The van der Waals surface area contributed by atoms with Crippen LogP contribution in [0, 0.1) is 5.92 Å². The average molecular weight is 235 g/mol. The molecule has 1 aromatic rings. The number of rotatable bonds is 7. The zero-order valence-electron chi connectivity index (χ0n) is 11.2. The van der Waals surface area contributed by atoms with Crippen molar-refractivity contribution in [2.24, 2.45) is 5.92 Å². The fraction of sp³-hybridized carbons (Fsp3) is 0.600. The molecule has 0 amide bonds. The molecule has 0 aliphatic heterocycles. The van der Waals surface area contributed by atoms with Crippen LogP contribution in [-0.4, -0.2) is 18.3 Å². The number of aliphatic hydroxyl groups excluding tert-OH is 1. The Kier molecular flexibility index (Phi) is 5.66. The number of aliphatic hydroxyl groups is 1. The van der Waals surface area contributed by atoms with Gasteiger partial charge in [-0.05, 0) is 31.4 Å². The zero-order chi connectivity index (χ0) is 12.7. The van der Waals surface area contributed by atoms with Crippen LogP contribution in [-0.2, 0) is 5.54 Å². The number of hydrogen-bond acceptors (Lipinski definition) is 2. The monoisotopic (exact) mass is 235 g/mol. The van der Waals surface area contributed by atoms with E-state index in [4.69, 9.17) is 0 Å². The van der Waals surface area contributed by atoms with Crippen LogP contribution >= 0.6 is 0 Å². The summed E-state index contributed by atoms with van der Waals surface area (Å²) in [5.41, 5.74) is 0.815. The second kappa shape index (κ2) is 6.77.